The van der Waals surface area contributed by atoms with E-state index in [2.05, 4.69) is 0 Å². The van der Waals surface area contributed by atoms with Gasteiger partial charge in [-0.3, -0.25) is 10.1 Å². The highest BCUT2D eigenvalue weighted by atomic mass is 32.2. The first-order chi connectivity index (χ1) is 12.4. The van der Waals surface area contributed by atoms with Crippen LogP contribution in [0.25, 0.3) is 0 Å². The third-order valence-electron chi connectivity index (χ3n) is 3.90. The Morgan fingerprint density at radius 3 is 2.31 bits per heavy atom. The monoisotopic (exact) mass is 374 g/mol. The minimum atomic E-state index is -1.08. The molecule has 3 rings (SSSR count). The molecule has 134 valence electrons. The van der Waals surface area contributed by atoms with Crippen molar-refractivity contribution in [2.24, 2.45) is 0 Å². The summed E-state index contributed by atoms with van der Waals surface area (Å²) in [6.07, 6.45) is 0. The Bertz CT molecular complexity index is 837. The number of esters is 1. The van der Waals surface area contributed by atoms with Crippen molar-refractivity contribution >= 4 is 29.4 Å². The number of non-ortho nitro benzene ring substituents is 1. The molecule has 0 unspecified atom stereocenters. The van der Waals surface area contributed by atoms with Crippen molar-refractivity contribution in [2.45, 2.75) is 11.4 Å². The molecule has 0 bridgehead atoms. The molecule has 0 aromatic heterocycles. The first-order valence-electron chi connectivity index (χ1n) is 7.68. The molecule has 8 nitrogen and oxygen atoms in total. The summed E-state index contributed by atoms with van der Waals surface area (Å²) in [6, 6.07) is 11.4. The molecule has 2 atom stereocenters. The van der Waals surface area contributed by atoms with Gasteiger partial charge in [-0.2, -0.15) is 0 Å². The van der Waals surface area contributed by atoms with Crippen LogP contribution in [0.5, 0.6) is 5.75 Å². The van der Waals surface area contributed by atoms with E-state index in [4.69, 9.17) is 4.74 Å². The lowest BCUT2D eigenvalue weighted by Gasteiger charge is -2.11. The summed E-state index contributed by atoms with van der Waals surface area (Å²) in [5.41, 5.74) is 1.01. The van der Waals surface area contributed by atoms with Gasteiger partial charge in [0.1, 0.15) is 17.8 Å². The van der Waals surface area contributed by atoms with E-state index >= 15 is 0 Å². The molecule has 9 heteroatoms. The number of carbonyl (C=O) groups excluding carboxylic acids is 2. The van der Waals surface area contributed by atoms with Crippen LogP contribution in [0.3, 0.4) is 0 Å². The Hall–Kier alpha value is -2.91. The number of nitro groups is 1. The summed E-state index contributed by atoms with van der Waals surface area (Å²) >= 11 is 1.51. The molecule has 0 aliphatic carbocycles. The zero-order valence-electron chi connectivity index (χ0n) is 13.4. The van der Waals surface area contributed by atoms with Gasteiger partial charge < -0.3 is 20.0 Å². The smallest absolute Gasteiger partial charge is 0.343 e. The van der Waals surface area contributed by atoms with Gasteiger partial charge >= 0.3 is 5.97 Å². The highest BCUT2D eigenvalue weighted by Crippen LogP contribution is 2.28. The number of carboxylic acids is 1. The van der Waals surface area contributed by atoms with Crippen LogP contribution in [0.15, 0.2) is 48.5 Å². The number of carbonyl (C=O) groups is 2. The SMILES string of the molecule is O=C(Oc1ccc([C@H]2[NH2+][C@H](C(=O)[O-])CS2)cc1)c1ccc([N+](=O)[O-])cc1. The van der Waals surface area contributed by atoms with Crippen molar-refractivity contribution in [1.82, 2.24) is 0 Å². The summed E-state index contributed by atoms with van der Waals surface area (Å²) in [5.74, 6) is -0.888. The molecule has 2 aromatic rings. The molecule has 0 spiro atoms. The molecule has 2 aromatic carbocycles. The van der Waals surface area contributed by atoms with Crippen molar-refractivity contribution < 1.29 is 29.7 Å². The lowest BCUT2D eigenvalue weighted by Crippen LogP contribution is -2.90. The quantitative estimate of drug-likeness (QED) is 0.344. The second kappa shape index (κ2) is 7.54. The number of nitrogens with two attached hydrogens (primary N) is 1. The van der Waals surface area contributed by atoms with Crippen molar-refractivity contribution in [3.8, 4) is 5.75 Å². The average molecular weight is 374 g/mol. The van der Waals surface area contributed by atoms with Crippen LogP contribution in [0, 0.1) is 10.1 Å². The fourth-order valence-electron chi connectivity index (χ4n) is 2.49. The number of thioether (sulfide) groups is 1. The Balaban J connectivity index is 1.63. The number of quaternary nitrogens is 1. The van der Waals surface area contributed by atoms with E-state index in [1.165, 1.54) is 36.0 Å². The van der Waals surface area contributed by atoms with E-state index in [9.17, 15) is 24.8 Å². The number of ether oxygens (including phenoxy) is 1. The number of carboxylic acid groups (broad SMARTS) is 1. The zero-order valence-corrected chi connectivity index (χ0v) is 14.2. The zero-order chi connectivity index (χ0) is 18.7. The number of hydrogen-bond acceptors (Lipinski definition) is 7. The van der Waals surface area contributed by atoms with Crippen LogP contribution in [-0.4, -0.2) is 28.7 Å². The van der Waals surface area contributed by atoms with E-state index in [0.29, 0.717) is 11.5 Å². The van der Waals surface area contributed by atoms with Crippen LogP contribution >= 0.6 is 11.8 Å². The first-order valence-corrected chi connectivity index (χ1v) is 8.73. The fraction of sp³-hybridized carbons (Fsp3) is 0.176. The van der Waals surface area contributed by atoms with E-state index < -0.39 is 22.9 Å². The van der Waals surface area contributed by atoms with Crippen molar-refractivity contribution in [3.63, 3.8) is 0 Å². The number of rotatable bonds is 5. The summed E-state index contributed by atoms with van der Waals surface area (Å²) < 4.78 is 5.25. The third kappa shape index (κ3) is 4.01. The second-order valence-corrected chi connectivity index (χ2v) is 6.81. The van der Waals surface area contributed by atoms with E-state index in [1.807, 2.05) is 0 Å². The number of nitro benzene ring substituents is 1. The molecule has 0 saturated carbocycles. The summed E-state index contributed by atoms with van der Waals surface area (Å²) in [4.78, 5) is 33.1. The van der Waals surface area contributed by atoms with Gasteiger partial charge in [0.25, 0.3) is 5.69 Å². The Labute approximate surface area is 152 Å². The molecule has 1 fully saturated rings. The maximum absolute atomic E-state index is 12.1. The van der Waals surface area contributed by atoms with Gasteiger partial charge in [-0.1, -0.05) is 11.8 Å². The maximum Gasteiger partial charge on any atom is 0.343 e. The van der Waals surface area contributed by atoms with Crippen LogP contribution < -0.4 is 15.2 Å². The van der Waals surface area contributed by atoms with Gasteiger partial charge in [-0.15, -0.1) is 0 Å². The molecule has 0 radical (unpaired) electrons. The number of benzene rings is 2. The van der Waals surface area contributed by atoms with E-state index in [1.54, 1.807) is 29.6 Å². The summed E-state index contributed by atoms with van der Waals surface area (Å²) in [6.45, 7) is 0. The fourth-order valence-corrected chi connectivity index (χ4v) is 3.81. The maximum atomic E-state index is 12.1. The van der Waals surface area contributed by atoms with Gasteiger partial charge in [0.2, 0.25) is 0 Å². The third-order valence-corrected chi connectivity index (χ3v) is 5.24. The van der Waals surface area contributed by atoms with Crippen LogP contribution in [0.2, 0.25) is 0 Å². The molecular weight excluding hydrogens is 360 g/mol. The molecule has 1 saturated heterocycles. The van der Waals surface area contributed by atoms with E-state index in [0.717, 1.165) is 5.56 Å². The van der Waals surface area contributed by atoms with Crippen molar-refractivity contribution in [2.75, 3.05) is 5.75 Å². The predicted molar refractivity (Wildman–Crippen MR) is 90.4 cm³/mol. The molecule has 1 aliphatic rings. The normalized spacial score (nSPS) is 19.1. The van der Waals surface area contributed by atoms with E-state index in [-0.39, 0.29) is 16.6 Å². The van der Waals surface area contributed by atoms with Crippen LogP contribution in [0.1, 0.15) is 21.3 Å². The number of aliphatic carboxylic acids is 1. The molecule has 2 N–H and O–H groups in total. The average Bonchev–Trinajstić information content (AvgIpc) is 3.13. The van der Waals surface area contributed by atoms with Crippen molar-refractivity contribution in [3.05, 3.63) is 69.8 Å². The van der Waals surface area contributed by atoms with Crippen LogP contribution in [-0.2, 0) is 4.79 Å². The topological polar surface area (TPSA) is 126 Å². The Morgan fingerprint density at radius 2 is 1.77 bits per heavy atom. The minimum absolute atomic E-state index is 0.0441. The molecule has 1 heterocycles. The predicted octanol–water partition coefficient (Wildman–Crippen LogP) is 0.241. The van der Waals surface area contributed by atoms with Gasteiger partial charge in [0, 0.05) is 17.7 Å². The summed E-state index contributed by atoms with van der Waals surface area (Å²) in [7, 11) is 0. The highest BCUT2D eigenvalue weighted by Gasteiger charge is 2.30. The van der Waals surface area contributed by atoms with Gasteiger partial charge in [0.15, 0.2) is 5.37 Å². The lowest BCUT2D eigenvalue weighted by molar-refractivity contribution is -0.690. The molecule has 1 aliphatic heterocycles. The largest absolute Gasteiger partial charge is 0.544 e. The highest BCUT2D eigenvalue weighted by molar-refractivity contribution is 7.99. The lowest BCUT2D eigenvalue weighted by atomic mass is 10.2. The van der Waals surface area contributed by atoms with Gasteiger partial charge in [0.05, 0.1) is 16.2 Å². The number of hydrogen-bond donors (Lipinski definition) is 1. The molecule has 0 amide bonds. The standard InChI is InChI=1S/C17H14N2O6S/c20-16(21)14-9-26-15(18-14)10-3-7-13(8-4-10)25-17(22)11-1-5-12(6-2-11)19(23)24/h1-8,14-15,18H,9H2,(H,20,21)/t14-,15-/m0/s1. The van der Waals surface area contributed by atoms with Crippen molar-refractivity contribution in [1.29, 1.82) is 0 Å². The van der Waals surface area contributed by atoms with Crippen LogP contribution in [0.4, 0.5) is 5.69 Å². The molecule has 26 heavy (non-hydrogen) atoms. The molecular formula is C17H14N2O6S. The minimum Gasteiger partial charge on any atom is -0.544 e. The number of nitrogens with zero attached hydrogens (tertiary/aromatic N) is 1. The first kappa shape index (κ1) is 17.9. The summed E-state index contributed by atoms with van der Waals surface area (Å²) in [5, 5.41) is 23.2. The Morgan fingerprint density at radius 1 is 1.12 bits per heavy atom. The second-order valence-electron chi connectivity index (χ2n) is 5.63. The Kier molecular flexibility index (Phi) is 5.19. The van der Waals surface area contributed by atoms with Gasteiger partial charge in [-0.05, 0) is 36.4 Å². The van der Waals surface area contributed by atoms with Gasteiger partial charge in [-0.25, -0.2) is 4.79 Å².